The highest BCUT2D eigenvalue weighted by Crippen LogP contribution is 2.35. The third-order valence-corrected chi connectivity index (χ3v) is 6.92. The van der Waals surface area contributed by atoms with Gasteiger partial charge < -0.3 is 5.11 Å². The van der Waals surface area contributed by atoms with Gasteiger partial charge >= 0.3 is 11.7 Å². The Kier molecular flexibility index (Phi) is 5.86. The van der Waals surface area contributed by atoms with E-state index in [1.165, 1.54) is 0 Å². The first-order valence-electron chi connectivity index (χ1n) is 12.1. The molecule has 0 saturated heterocycles. The molecular weight excluding hydrogens is 428 g/mol. The van der Waals surface area contributed by atoms with Crippen molar-refractivity contribution in [2.24, 2.45) is 0 Å². The SMILES string of the molecule is CCn1c(=O)n(C2CCCC2)c2ccc(-c3cnn(CC(=O)O)c3C3=CCC=CC(C)=C3)cc21. The Hall–Kier alpha value is -3.61. The molecule has 1 fully saturated rings. The number of carboxylic acids is 1. The Labute approximate surface area is 198 Å². The van der Waals surface area contributed by atoms with E-state index in [4.69, 9.17) is 0 Å². The molecule has 2 aliphatic carbocycles. The lowest BCUT2D eigenvalue weighted by Crippen LogP contribution is -2.26. The maximum Gasteiger partial charge on any atom is 0.329 e. The molecule has 2 heterocycles. The summed E-state index contributed by atoms with van der Waals surface area (Å²) in [4.78, 5) is 24.8. The van der Waals surface area contributed by atoms with Gasteiger partial charge in [-0.05, 0) is 56.4 Å². The van der Waals surface area contributed by atoms with Crippen LogP contribution in [-0.2, 0) is 17.9 Å². The molecule has 0 spiro atoms. The van der Waals surface area contributed by atoms with Crippen LogP contribution in [-0.4, -0.2) is 30.0 Å². The van der Waals surface area contributed by atoms with Crippen molar-refractivity contribution in [3.05, 3.63) is 70.5 Å². The third-order valence-electron chi connectivity index (χ3n) is 6.92. The van der Waals surface area contributed by atoms with Crippen LogP contribution in [0.15, 0.2) is 59.1 Å². The molecule has 1 N–H and O–H groups in total. The molecule has 0 bridgehead atoms. The Morgan fingerprint density at radius 1 is 1.21 bits per heavy atom. The number of allylic oxidation sites excluding steroid dienone is 6. The molecule has 0 atom stereocenters. The number of hydrogen-bond donors (Lipinski definition) is 1. The van der Waals surface area contributed by atoms with E-state index in [-0.39, 0.29) is 18.3 Å². The number of rotatable bonds is 6. The minimum Gasteiger partial charge on any atom is -0.480 e. The van der Waals surface area contributed by atoms with Crippen molar-refractivity contribution in [3.63, 3.8) is 0 Å². The second kappa shape index (κ2) is 8.97. The molecule has 0 amide bonds. The zero-order chi connectivity index (χ0) is 23.8. The number of carboxylic acid groups (broad SMARTS) is 1. The van der Waals surface area contributed by atoms with Crippen molar-refractivity contribution < 1.29 is 9.90 Å². The lowest BCUT2D eigenvalue weighted by atomic mass is 9.99. The van der Waals surface area contributed by atoms with Gasteiger partial charge in [-0.15, -0.1) is 0 Å². The van der Waals surface area contributed by atoms with Gasteiger partial charge in [0.1, 0.15) is 6.54 Å². The fourth-order valence-electron chi connectivity index (χ4n) is 5.38. The van der Waals surface area contributed by atoms with Gasteiger partial charge in [0.2, 0.25) is 0 Å². The van der Waals surface area contributed by atoms with Gasteiger partial charge in [0, 0.05) is 18.2 Å². The number of hydrogen-bond acceptors (Lipinski definition) is 3. The van der Waals surface area contributed by atoms with Gasteiger partial charge in [0.15, 0.2) is 0 Å². The minimum atomic E-state index is -0.937. The van der Waals surface area contributed by atoms with Crippen molar-refractivity contribution >= 4 is 22.6 Å². The van der Waals surface area contributed by atoms with Gasteiger partial charge in [-0.2, -0.15) is 5.10 Å². The highest BCUT2D eigenvalue weighted by atomic mass is 16.4. The third kappa shape index (κ3) is 3.85. The molecule has 1 saturated carbocycles. The summed E-state index contributed by atoms with van der Waals surface area (Å²) in [5.41, 5.74) is 6.56. The second-order valence-electron chi connectivity index (χ2n) is 9.18. The van der Waals surface area contributed by atoms with Crippen molar-refractivity contribution in [2.75, 3.05) is 0 Å². The molecule has 5 rings (SSSR count). The first-order chi connectivity index (χ1) is 16.5. The molecule has 0 unspecified atom stereocenters. The molecule has 176 valence electrons. The van der Waals surface area contributed by atoms with Gasteiger partial charge in [-0.3, -0.25) is 18.6 Å². The van der Waals surface area contributed by atoms with Crippen LogP contribution in [0.5, 0.6) is 0 Å². The lowest BCUT2D eigenvalue weighted by molar-refractivity contribution is -0.137. The summed E-state index contributed by atoms with van der Waals surface area (Å²) in [6.07, 6.45) is 15.3. The number of imidazole rings is 1. The van der Waals surface area contributed by atoms with Gasteiger partial charge in [-0.1, -0.05) is 48.8 Å². The van der Waals surface area contributed by atoms with Crippen LogP contribution in [0.2, 0.25) is 0 Å². The quantitative estimate of drug-likeness (QED) is 0.552. The van der Waals surface area contributed by atoms with Crippen LogP contribution >= 0.6 is 0 Å². The van der Waals surface area contributed by atoms with E-state index in [0.717, 1.165) is 71.1 Å². The van der Waals surface area contributed by atoms with Crippen LogP contribution in [0.4, 0.5) is 0 Å². The van der Waals surface area contributed by atoms with Crippen LogP contribution in [0.1, 0.15) is 57.7 Å². The Balaban J connectivity index is 1.69. The topological polar surface area (TPSA) is 82.0 Å². The average molecular weight is 459 g/mol. The summed E-state index contributed by atoms with van der Waals surface area (Å²) >= 11 is 0. The number of benzene rings is 1. The van der Waals surface area contributed by atoms with E-state index in [1.54, 1.807) is 10.9 Å². The fourth-order valence-corrected chi connectivity index (χ4v) is 5.38. The number of aliphatic carboxylic acids is 1. The first kappa shape index (κ1) is 22.2. The molecule has 0 aliphatic heterocycles. The highest BCUT2D eigenvalue weighted by Gasteiger charge is 2.24. The van der Waals surface area contributed by atoms with E-state index in [0.29, 0.717) is 6.54 Å². The molecule has 3 aromatic rings. The summed E-state index contributed by atoms with van der Waals surface area (Å²) in [5, 5.41) is 13.9. The number of nitrogens with zero attached hydrogens (tertiary/aromatic N) is 4. The Morgan fingerprint density at radius 2 is 2.00 bits per heavy atom. The molecule has 2 aromatic heterocycles. The fraction of sp³-hybridized carbons (Fsp3) is 0.370. The molecule has 7 nitrogen and oxygen atoms in total. The Bertz CT molecular complexity index is 1410. The molecule has 2 aliphatic rings. The van der Waals surface area contributed by atoms with Crippen molar-refractivity contribution in [1.29, 1.82) is 0 Å². The molecule has 7 heteroatoms. The summed E-state index contributed by atoms with van der Waals surface area (Å²) in [5.74, 6) is -0.937. The van der Waals surface area contributed by atoms with Crippen molar-refractivity contribution in [3.8, 4) is 11.1 Å². The number of carbonyl (C=O) groups is 1. The van der Waals surface area contributed by atoms with Gasteiger partial charge in [0.25, 0.3) is 0 Å². The maximum atomic E-state index is 13.3. The summed E-state index contributed by atoms with van der Waals surface area (Å²) in [6.45, 7) is 4.42. The van der Waals surface area contributed by atoms with Gasteiger partial charge in [0.05, 0.1) is 22.9 Å². The van der Waals surface area contributed by atoms with E-state index >= 15 is 0 Å². The molecular formula is C27H30N4O3. The zero-order valence-corrected chi connectivity index (χ0v) is 19.7. The monoisotopic (exact) mass is 458 g/mol. The molecule has 34 heavy (non-hydrogen) atoms. The smallest absolute Gasteiger partial charge is 0.329 e. The largest absolute Gasteiger partial charge is 0.480 e. The normalized spacial score (nSPS) is 16.6. The predicted molar refractivity (Wildman–Crippen MR) is 134 cm³/mol. The van der Waals surface area contributed by atoms with E-state index < -0.39 is 5.97 Å². The predicted octanol–water partition coefficient (Wildman–Crippen LogP) is 5.18. The van der Waals surface area contributed by atoms with Crippen LogP contribution in [0.25, 0.3) is 27.7 Å². The summed E-state index contributed by atoms with van der Waals surface area (Å²) < 4.78 is 5.38. The number of fused-ring (bicyclic) bond motifs is 1. The van der Waals surface area contributed by atoms with Crippen LogP contribution < -0.4 is 5.69 Å². The van der Waals surface area contributed by atoms with Crippen LogP contribution in [0, 0.1) is 0 Å². The average Bonchev–Trinajstić information content (AvgIpc) is 3.49. The summed E-state index contributed by atoms with van der Waals surface area (Å²) in [7, 11) is 0. The van der Waals surface area contributed by atoms with Crippen LogP contribution in [0.3, 0.4) is 0 Å². The molecule has 0 radical (unpaired) electrons. The number of aromatic nitrogens is 4. The van der Waals surface area contributed by atoms with E-state index in [1.807, 2.05) is 35.1 Å². The van der Waals surface area contributed by atoms with Crippen molar-refractivity contribution in [1.82, 2.24) is 18.9 Å². The van der Waals surface area contributed by atoms with Gasteiger partial charge in [-0.25, -0.2) is 4.79 Å². The summed E-state index contributed by atoms with van der Waals surface area (Å²) in [6, 6.07) is 6.40. The first-order valence-corrected chi connectivity index (χ1v) is 12.1. The minimum absolute atomic E-state index is 0.0551. The highest BCUT2D eigenvalue weighted by molar-refractivity contribution is 5.89. The standard InChI is InChI=1S/C27H30N4O3/c1-3-29-24-15-19(12-13-23(24)31(27(29)34)21-10-6-7-11-21)22-16-28-30(17-25(32)33)26(22)20-9-5-4-8-18(2)14-20/h4,8-9,12-16,21H,3,5-7,10-11,17H2,1-2H3,(H,32,33). The van der Waals surface area contributed by atoms with Crippen molar-refractivity contribution in [2.45, 2.75) is 65.1 Å². The van der Waals surface area contributed by atoms with E-state index in [9.17, 15) is 14.7 Å². The zero-order valence-electron chi connectivity index (χ0n) is 19.7. The maximum absolute atomic E-state index is 13.3. The number of aryl methyl sites for hydroxylation is 1. The van der Waals surface area contributed by atoms with E-state index in [2.05, 4.69) is 35.5 Å². The molecule has 1 aromatic carbocycles. The Morgan fingerprint density at radius 3 is 2.74 bits per heavy atom. The lowest BCUT2D eigenvalue weighted by Gasteiger charge is -2.12. The second-order valence-corrected chi connectivity index (χ2v) is 9.18.